The molecule has 4 aromatic rings. The monoisotopic (exact) mass is 402 g/mol. The van der Waals surface area contributed by atoms with Gasteiger partial charge in [-0.2, -0.15) is 0 Å². The lowest BCUT2D eigenvalue weighted by molar-refractivity contribution is 0.204. The molecule has 0 aliphatic carbocycles. The average Bonchev–Trinajstić information content (AvgIpc) is 3.16. The summed E-state index contributed by atoms with van der Waals surface area (Å²) in [5.41, 5.74) is 3.71. The van der Waals surface area contributed by atoms with Crippen molar-refractivity contribution in [2.24, 2.45) is 0 Å². The summed E-state index contributed by atoms with van der Waals surface area (Å²) in [5.74, 6) is 1.86. The van der Waals surface area contributed by atoms with Crippen LogP contribution < -0.4 is 9.47 Å². The van der Waals surface area contributed by atoms with Gasteiger partial charge in [-0.3, -0.25) is 0 Å². The van der Waals surface area contributed by atoms with E-state index < -0.39 is 6.10 Å². The molecule has 0 saturated heterocycles. The zero-order valence-corrected chi connectivity index (χ0v) is 17.3. The van der Waals surface area contributed by atoms with Gasteiger partial charge in [0.05, 0.1) is 18.1 Å². The number of nitrogens with zero attached hydrogens (tertiary/aromatic N) is 2. The highest BCUT2D eigenvalue weighted by atomic mass is 16.5. The Bertz CT molecular complexity index is 1120. The summed E-state index contributed by atoms with van der Waals surface area (Å²) in [6.07, 6.45) is 0.0939. The molecule has 154 valence electrons. The van der Waals surface area contributed by atoms with Crippen molar-refractivity contribution in [3.63, 3.8) is 0 Å². The molecule has 0 saturated carbocycles. The van der Waals surface area contributed by atoms with Crippen LogP contribution in [0.4, 0.5) is 0 Å². The van der Waals surface area contributed by atoms with Crippen molar-refractivity contribution >= 4 is 11.0 Å². The number of rotatable bonds is 8. The van der Waals surface area contributed by atoms with Gasteiger partial charge in [0.15, 0.2) is 11.5 Å². The summed E-state index contributed by atoms with van der Waals surface area (Å²) < 4.78 is 13.6. The van der Waals surface area contributed by atoms with Crippen LogP contribution in [0.3, 0.4) is 0 Å². The van der Waals surface area contributed by atoms with E-state index in [1.165, 1.54) is 0 Å². The minimum atomic E-state index is -0.860. The lowest BCUT2D eigenvalue weighted by atomic mass is 10.1. The summed E-state index contributed by atoms with van der Waals surface area (Å²) in [6, 6.07) is 23.5. The highest BCUT2D eigenvalue weighted by Crippen LogP contribution is 2.33. The Morgan fingerprint density at radius 1 is 0.967 bits per heavy atom. The number of methoxy groups -OCH3 is 1. The van der Waals surface area contributed by atoms with Crippen molar-refractivity contribution in [2.45, 2.75) is 32.6 Å². The van der Waals surface area contributed by atoms with Crippen LogP contribution in [-0.4, -0.2) is 21.8 Å². The average molecular weight is 402 g/mol. The lowest BCUT2D eigenvalue weighted by Gasteiger charge is -2.16. The summed E-state index contributed by atoms with van der Waals surface area (Å²) in [4.78, 5) is 4.70. The maximum absolute atomic E-state index is 11.1. The van der Waals surface area contributed by atoms with Crippen molar-refractivity contribution in [1.82, 2.24) is 9.55 Å². The van der Waals surface area contributed by atoms with Crippen LogP contribution in [-0.2, 0) is 13.2 Å². The number of benzene rings is 3. The molecule has 0 radical (unpaired) electrons. The number of hydrogen-bond acceptors (Lipinski definition) is 4. The smallest absolute Gasteiger partial charge is 0.161 e. The van der Waals surface area contributed by atoms with E-state index in [2.05, 4.69) is 11.5 Å². The molecule has 0 spiro atoms. The van der Waals surface area contributed by atoms with Crippen LogP contribution in [0.5, 0.6) is 11.5 Å². The van der Waals surface area contributed by atoms with E-state index in [0.717, 1.165) is 29.6 Å². The van der Waals surface area contributed by atoms with Gasteiger partial charge in [0.2, 0.25) is 0 Å². The van der Waals surface area contributed by atoms with Crippen molar-refractivity contribution in [1.29, 1.82) is 0 Å². The van der Waals surface area contributed by atoms with Gasteiger partial charge in [-0.1, -0.05) is 55.5 Å². The van der Waals surface area contributed by atoms with Crippen LogP contribution in [0, 0.1) is 0 Å². The zero-order chi connectivity index (χ0) is 20.9. The Morgan fingerprint density at radius 2 is 1.73 bits per heavy atom. The van der Waals surface area contributed by atoms with E-state index in [1.807, 2.05) is 72.8 Å². The molecule has 0 aliphatic rings. The van der Waals surface area contributed by atoms with Crippen LogP contribution in [0.2, 0.25) is 0 Å². The third-order valence-electron chi connectivity index (χ3n) is 5.12. The van der Waals surface area contributed by atoms with E-state index in [1.54, 1.807) is 7.11 Å². The van der Waals surface area contributed by atoms with Gasteiger partial charge >= 0.3 is 0 Å². The third-order valence-corrected chi connectivity index (χ3v) is 5.12. The van der Waals surface area contributed by atoms with E-state index in [-0.39, 0.29) is 0 Å². The number of aryl methyl sites for hydroxylation is 1. The van der Waals surface area contributed by atoms with E-state index >= 15 is 0 Å². The second-order valence-electron chi connectivity index (χ2n) is 7.20. The summed E-state index contributed by atoms with van der Waals surface area (Å²) in [5, 5.41) is 11.1. The molecular formula is C25H26N2O3. The zero-order valence-electron chi connectivity index (χ0n) is 17.3. The van der Waals surface area contributed by atoms with Crippen LogP contribution >= 0.6 is 0 Å². The molecule has 5 heteroatoms. The number of fused-ring (bicyclic) bond motifs is 1. The fourth-order valence-electron chi connectivity index (χ4n) is 3.62. The normalized spacial score (nSPS) is 12.1. The second kappa shape index (κ2) is 9.01. The van der Waals surface area contributed by atoms with Gasteiger partial charge in [-0.25, -0.2) is 4.98 Å². The first-order valence-electron chi connectivity index (χ1n) is 10.2. The highest BCUT2D eigenvalue weighted by molar-refractivity contribution is 5.76. The largest absolute Gasteiger partial charge is 0.493 e. The summed E-state index contributed by atoms with van der Waals surface area (Å²) in [7, 11) is 1.60. The molecule has 0 aliphatic heterocycles. The van der Waals surface area contributed by atoms with Crippen LogP contribution in [0.25, 0.3) is 11.0 Å². The molecule has 0 unspecified atom stereocenters. The number of aliphatic hydroxyl groups excluding tert-OH is 1. The van der Waals surface area contributed by atoms with Crippen molar-refractivity contribution in [3.05, 3.63) is 89.7 Å². The Kier molecular flexibility index (Phi) is 6.00. The predicted molar refractivity (Wildman–Crippen MR) is 118 cm³/mol. The maximum atomic E-state index is 11.1. The number of hydrogen-bond donors (Lipinski definition) is 1. The number of aromatic nitrogens is 2. The topological polar surface area (TPSA) is 56.5 Å². The standard InChI is InChI=1S/C25H26N2O3/c1-3-15-27-21-12-8-7-11-20(21)26-25(27)24(28)19-13-14-22(23(16-19)29-2)30-17-18-9-5-4-6-10-18/h4-14,16,24,28H,3,15,17H2,1-2H3/t24-/m0/s1. The van der Waals surface area contributed by atoms with Gasteiger partial charge in [0.1, 0.15) is 18.5 Å². The van der Waals surface area contributed by atoms with Gasteiger partial charge in [0.25, 0.3) is 0 Å². The molecule has 0 bridgehead atoms. The molecule has 4 rings (SSSR count). The predicted octanol–water partition coefficient (Wildman–Crippen LogP) is 5.12. The minimum absolute atomic E-state index is 0.450. The second-order valence-corrected chi connectivity index (χ2v) is 7.20. The molecule has 5 nitrogen and oxygen atoms in total. The Balaban J connectivity index is 1.62. The Labute approximate surface area is 176 Å². The lowest BCUT2D eigenvalue weighted by Crippen LogP contribution is -2.10. The van der Waals surface area contributed by atoms with Crippen LogP contribution in [0.1, 0.15) is 36.4 Å². The number of aliphatic hydroxyl groups is 1. The van der Waals surface area contributed by atoms with Crippen molar-refractivity contribution < 1.29 is 14.6 Å². The fourth-order valence-corrected chi connectivity index (χ4v) is 3.62. The molecule has 0 fully saturated rings. The molecule has 1 heterocycles. The molecule has 0 amide bonds. The van der Waals surface area contributed by atoms with Gasteiger partial charge in [0, 0.05) is 6.54 Å². The van der Waals surface area contributed by atoms with E-state index in [4.69, 9.17) is 14.5 Å². The molecule has 3 aromatic carbocycles. The molecule has 30 heavy (non-hydrogen) atoms. The number of imidazole rings is 1. The third kappa shape index (κ3) is 4.02. The number of ether oxygens (including phenoxy) is 2. The van der Waals surface area contributed by atoms with Crippen LogP contribution in [0.15, 0.2) is 72.8 Å². The minimum Gasteiger partial charge on any atom is -0.493 e. The Morgan fingerprint density at radius 3 is 2.50 bits per heavy atom. The van der Waals surface area contributed by atoms with Gasteiger partial charge in [-0.15, -0.1) is 0 Å². The van der Waals surface area contributed by atoms with Crippen molar-refractivity contribution in [2.75, 3.05) is 7.11 Å². The Hall–Kier alpha value is -3.31. The SMILES string of the molecule is CCCn1c([C@@H](O)c2ccc(OCc3ccccc3)c(OC)c2)nc2ccccc21. The first-order chi connectivity index (χ1) is 14.7. The quantitative estimate of drug-likeness (QED) is 0.445. The van der Waals surface area contributed by atoms with Crippen molar-refractivity contribution in [3.8, 4) is 11.5 Å². The highest BCUT2D eigenvalue weighted by Gasteiger charge is 2.21. The maximum Gasteiger partial charge on any atom is 0.161 e. The molecule has 1 atom stereocenters. The van der Waals surface area contributed by atoms with E-state index in [0.29, 0.717) is 29.5 Å². The number of para-hydroxylation sites is 2. The summed E-state index contributed by atoms with van der Waals surface area (Å²) >= 11 is 0. The van der Waals surface area contributed by atoms with Gasteiger partial charge in [-0.05, 0) is 41.8 Å². The summed E-state index contributed by atoms with van der Waals surface area (Å²) in [6.45, 7) is 3.36. The first-order valence-corrected chi connectivity index (χ1v) is 10.2. The first kappa shape index (κ1) is 20.0. The molecule has 1 N–H and O–H groups in total. The molecule has 1 aromatic heterocycles. The fraction of sp³-hybridized carbons (Fsp3) is 0.240. The van der Waals surface area contributed by atoms with E-state index in [9.17, 15) is 5.11 Å². The molecular weight excluding hydrogens is 376 g/mol. The van der Waals surface area contributed by atoms with Gasteiger partial charge < -0.3 is 19.1 Å².